The molecule has 23 heavy (non-hydrogen) atoms. The minimum Gasteiger partial charge on any atom is -0.504 e. The fraction of sp³-hybridized carbons (Fsp3) is 0.684. The van der Waals surface area contributed by atoms with Crippen molar-refractivity contribution >= 4 is 0 Å². The highest BCUT2D eigenvalue weighted by atomic mass is 16.5. The molecule has 4 heteroatoms. The van der Waals surface area contributed by atoms with E-state index in [0.29, 0.717) is 17.7 Å². The second-order valence-corrected chi connectivity index (χ2v) is 7.77. The van der Waals surface area contributed by atoms with Crippen molar-refractivity contribution in [3.8, 4) is 11.5 Å². The molecule has 0 aromatic heterocycles. The van der Waals surface area contributed by atoms with Crippen LogP contribution in [0, 0.1) is 5.92 Å². The van der Waals surface area contributed by atoms with Crippen molar-refractivity contribution in [3.63, 3.8) is 0 Å². The van der Waals surface area contributed by atoms with E-state index < -0.39 is 0 Å². The Balaban J connectivity index is 1.59. The van der Waals surface area contributed by atoms with Gasteiger partial charge in [0, 0.05) is 11.5 Å². The van der Waals surface area contributed by atoms with Crippen molar-refractivity contribution in [2.75, 3.05) is 20.2 Å². The van der Waals surface area contributed by atoms with Gasteiger partial charge in [-0.25, -0.2) is 0 Å². The second-order valence-electron chi connectivity index (χ2n) is 7.77. The predicted octanol–water partition coefficient (Wildman–Crippen LogP) is 2.67. The third kappa shape index (κ3) is 2.72. The van der Waals surface area contributed by atoms with Gasteiger partial charge in [0.1, 0.15) is 0 Å². The van der Waals surface area contributed by atoms with Crippen LogP contribution in [0.25, 0.3) is 0 Å². The largest absolute Gasteiger partial charge is 0.504 e. The van der Waals surface area contributed by atoms with Crippen LogP contribution >= 0.6 is 0 Å². The zero-order valence-corrected chi connectivity index (χ0v) is 13.9. The van der Waals surface area contributed by atoms with Crippen molar-refractivity contribution in [2.45, 2.75) is 56.1 Å². The molecule has 2 saturated carbocycles. The highest BCUT2D eigenvalue weighted by molar-refractivity contribution is 5.45. The van der Waals surface area contributed by atoms with Crippen molar-refractivity contribution in [2.24, 2.45) is 5.92 Å². The van der Waals surface area contributed by atoms with Crippen LogP contribution in [0.3, 0.4) is 0 Å². The van der Waals surface area contributed by atoms with Gasteiger partial charge in [-0.05, 0) is 75.7 Å². The number of aliphatic hydroxyl groups excluding tert-OH is 1. The number of hydrogen-bond donors (Lipinski definition) is 2. The van der Waals surface area contributed by atoms with Gasteiger partial charge in [-0.15, -0.1) is 0 Å². The summed E-state index contributed by atoms with van der Waals surface area (Å²) in [6.07, 6.45) is 6.08. The number of fused-ring (bicyclic) bond motifs is 1. The SMILES string of the molecule is CN1CC[C@]2(c3ccc(OCC4CC4)c(O)c3)CC[C@H](O)C[C@H]12. The van der Waals surface area contributed by atoms with Gasteiger partial charge in [0.25, 0.3) is 0 Å². The Labute approximate surface area is 138 Å². The molecule has 1 heterocycles. The maximum Gasteiger partial charge on any atom is 0.160 e. The summed E-state index contributed by atoms with van der Waals surface area (Å²) in [6.45, 7) is 1.77. The summed E-state index contributed by atoms with van der Waals surface area (Å²) < 4.78 is 5.75. The monoisotopic (exact) mass is 317 g/mol. The first kappa shape index (κ1) is 15.3. The number of likely N-dealkylation sites (tertiary alicyclic amines) is 1. The Morgan fingerprint density at radius 2 is 2.09 bits per heavy atom. The summed E-state index contributed by atoms with van der Waals surface area (Å²) in [5.74, 6) is 1.55. The Morgan fingerprint density at radius 1 is 1.26 bits per heavy atom. The van der Waals surface area contributed by atoms with E-state index in [1.54, 1.807) is 0 Å². The first-order chi connectivity index (χ1) is 11.1. The van der Waals surface area contributed by atoms with E-state index in [-0.39, 0.29) is 17.3 Å². The normalized spacial score (nSPS) is 34.3. The maximum atomic E-state index is 10.4. The standard InChI is InChI=1S/C19H27NO3/c1-20-9-8-19(7-6-15(21)11-18(19)20)14-4-5-17(16(22)10-14)23-12-13-2-3-13/h4-5,10,13,15,18,21-22H,2-3,6-9,11-12H2,1H3/t15-,18-,19-/m0/s1. The molecule has 0 bridgehead atoms. The fourth-order valence-corrected chi connectivity index (χ4v) is 4.54. The lowest BCUT2D eigenvalue weighted by Gasteiger charge is -2.43. The van der Waals surface area contributed by atoms with Gasteiger partial charge in [-0.2, -0.15) is 0 Å². The van der Waals surface area contributed by atoms with E-state index in [1.165, 1.54) is 18.4 Å². The summed E-state index contributed by atoms with van der Waals surface area (Å²) >= 11 is 0. The van der Waals surface area contributed by atoms with Crippen LogP contribution < -0.4 is 4.74 Å². The van der Waals surface area contributed by atoms with Gasteiger partial charge in [-0.1, -0.05) is 6.07 Å². The van der Waals surface area contributed by atoms with E-state index in [4.69, 9.17) is 4.74 Å². The van der Waals surface area contributed by atoms with Crippen molar-refractivity contribution in [1.29, 1.82) is 0 Å². The smallest absolute Gasteiger partial charge is 0.160 e. The first-order valence-corrected chi connectivity index (χ1v) is 8.93. The molecule has 2 N–H and O–H groups in total. The van der Waals surface area contributed by atoms with Crippen LogP contribution in [0.15, 0.2) is 18.2 Å². The maximum absolute atomic E-state index is 10.4. The summed E-state index contributed by atoms with van der Waals surface area (Å²) in [5.41, 5.74) is 1.27. The average Bonchev–Trinajstić information content (AvgIpc) is 3.31. The molecule has 1 saturated heterocycles. The number of phenols is 1. The predicted molar refractivity (Wildman–Crippen MR) is 88.9 cm³/mol. The van der Waals surface area contributed by atoms with Crippen molar-refractivity contribution in [1.82, 2.24) is 4.90 Å². The van der Waals surface area contributed by atoms with Crippen LogP contribution in [0.4, 0.5) is 0 Å². The lowest BCUT2D eigenvalue weighted by molar-refractivity contribution is 0.0566. The number of nitrogens with zero attached hydrogens (tertiary/aromatic N) is 1. The topological polar surface area (TPSA) is 52.9 Å². The van der Waals surface area contributed by atoms with Gasteiger partial charge >= 0.3 is 0 Å². The van der Waals surface area contributed by atoms with Gasteiger partial charge in [0.2, 0.25) is 0 Å². The molecule has 4 nitrogen and oxygen atoms in total. The van der Waals surface area contributed by atoms with Gasteiger partial charge in [0.15, 0.2) is 11.5 Å². The summed E-state index contributed by atoms with van der Waals surface area (Å²) in [5, 5.41) is 20.5. The molecule has 2 aliphatic carbocycles. The minimum absolute atomic E-state index is 0.0699. The molecular formula is C19H27NO3. The molecule has 1 aliphatic heterocycles. The molecule has 0 unspecified atom stereocenters. The Morgan fingerprint density at radius 3 is 2.83 bits per heavy atom. The number of aromatic hydroxyl groups is 1. The highest BCUT2D eigenvalue weighted by Crippen LogP contribution is 2.49. The van der Waals surface area contributed by atoms with Crippen LogP contribution in [-0.4, -0.2) is 47.5 Å². The van der Waals surface area contributed by atoms with Gasteiger partial charge < -0.3 is 19.8 Å². The Hall–Kier alpha value is -1.26. The molecule has 126 valence electrons. The number of aliphatic hydroxyl groups is 1. The molecule has 1 aromatic carbocycles. The van der Waals surface area contributed by atoms with Crippen LogP contribution in [0.5, 0.6) is 11.5 Å². The molecule has 0 amide bonds. The highest BCUT2D eigenvalue weighted by Gasteiger charge is 2.50. The molecular weight excluding hydrogens is 290 g/mol. The first-order valence-electron chi connectivity index (χ1n) is 8.93. The molecule has 4 rings (SSSR count). The Kier molecular flexibility index (Phi) is 3.77. The lowest BCUT2D eigenvalue weighted by atomic mass is 9.65. The number of hydrogen-bond acceptors (Lipinski definition) is 4. The number of ether oxygens (including phenoxy) is 1. The third-order valence-corrected chi connectivity index (χ3v) is 6.20. The second kappa shape index (κ2) is 5.67. The van der Waals surface area contributed by atoms with Crippen molar-refractivity contribution in [3.05, 3.63) is 23.8 Å². The molecule has 0 spiro atoms. The quantitative estimate of drug-likeness (QED) is 0.896. The van der Waals surface area contributed by atoms with Crippen LogP contribution in [0.1, 0.15) is 44.1 Å². The number of likely N-dealkylation sites (N-methyl/N-ethyl adjacent to an activating group) is 1. The summed E-state index contributed by atoms with van der Waals surface area (Å²) in [7, 11) is 2.15. The van der Waals surface area contributed by atoms with E-state index in [9.17, 15) is 10.2 Å². The van der Waals surface area contributed by atoms with Gasteiger partial charge in [-0.3, -0.25) is 0 Å². The molecule has 3 aliphatic rings. The third-order valence-electron chi connectivity index (χ3n) is 6.20. The minimum atomic E-state index is -0.191. The number of benzene rings is 1. The number of rotatable bonds is 4. The van der Waals surface area contributed by atoms with E-state index in [0.717, 1.165) is 38.8 Å². The zero-order valence-electron chi connectivity index (χ0n) is 13.9. The molecule has 0 radical (unpaired) electrons. The summed E-state index contributed by atoms with van der Waals surface area (Å²) in [4.78, 5) is 2.37. The number of phenolic OH excluding ortho intramolecular Hbond substituents is 1. The van der Waals surface area contributed by atoms with E-state index >= 15 is 0 Å². The fourth-order valence-electron chi connectivity index (χ4n) is 4.54. The molecule has 3 fully saturated rings. The van der Waals surface area contributed by atoms with E-state index in [1.807, 2.05) is 12.1 Å². The van der Waals surface area contributed by atoms with Crippen molar-refractivity contribution < 1.29 is 14.9 Å². The Bertz CT molecular complexity index is 586. The van der Waals surface area contributed by atoms with Gasteiger partial charge in [0.05, 0.1) is 12.7 Å². The summed E-state index contributed by atoms with van der Waals surface area (Å²) in [6, 6.07) is 6.34. The average molecular weight is 317 g/mol. The molecule has 3 atom stereocenters. The van der Waals surface area contributed by atoms with E-state index in [2.05, 4.69) is 18.0 Å². The molecule has 1 aromatic rings. The zero-order chi connectivity index (χ0) is 16.0. The lowest BCUT2D eigenvalue weighted by Crippen LogP contribution is -2.47. The van der Waals surface area contributed by atoms with Crippen LogP contribution in [0.2, 0.25) is 0 Å². The van der Waals surface area contributed by atoms with Crippen LogP contribution in [-0.2, 0) is 5.41 Å².